The number of ether oxygens (including phenoxy) is 1. The number of carbonyl (C=O) groups is 2. The third-order valence-corrected chi connectivity index (χ3v) is 7.38. The van der Waals surface area contributed by atoms with Crippen molar-refractivity contribution in [2.75, 3.05) is 0 Å². The standard InChI is InChI=1S/C26H20O5S/c27-22-16-18-26(19-17-22,31-25(28)21-12-6-2-7-13-21)24(20-10-4-1-5-11-20)32(29,30)23-14-8-3-9-15-23/h1-19,24H. The molecule has 0 amide bonds. The average Bonchev–Trinajstić information content (AvgIpc) is 2.83. The fourth-order valence-electron chi connectivity index (χ4n) is 3.68. The molecule has 0 saturated heterocycles. The monoisotopic (exact) mass is 444 g/mol. The number of esters is 1. The molecule has 4 rings (SSSR count). The molecule has 6 heteroatoms. The van der Waals surface area contributed by atoms with Gasteiger partial charge in [-0.25, -0.2) is 13.2 Å². The molecule has 0 radical (unpaired) electrons. The van der Waals surface area contributed by atoms with Crippen molar-refractivity contribution in [3.8, 4) is 0 Å². The smallest absolute Gasteiger partial charge is 0.339 e. The minimum Gasteiger partial charge on any atom is -0.445 e. The van der Waals surface area contributed by atoms with E-state index in [-0.39, 0.29) is 16.2 Å². The molecule has 1 aliphatic carbocycles. The lowest BCUT2D eigenvalue weighted by molar-refractivity contribution is -0.110. The second kappa shape index (κ2) is 8.77. The number of ketones is 1. The summed E-state index contributed by atoms with van der Waals surface area (Å²) in [6.45, 7) is 0. The van der Waals surface area contributed by atoms with Crippen molar-refractivity contribution in [1.29, 1.82) is 0 Å². The molecular formula is C26H20O5S. The van der Waals surface area contributed by atoms with Crippen LogP contribution in [0, 0.1) is 0 Å². The van der Waals surface area contributed by atoms with Gasteiger partial charge in [0.25, 0.3) is 0 Å². The molecule has 0 bridgehead atoms. The zero-order valence-electron chi connectivity index (χ0n) is 17.0. The molecule has 1 unspecified atom stereocenters. The van der Waals surface area contributed by atoms with Crippen LogP contribution in [0.3, 0.4) is 0 Å². The zero-order chi connectivity index (χ0) is 22.6. The molecule has 0 saturated carbocycles. The lowest BCUT2D eigenvalue weighted by Crippen LogP contribution is -2.43. The lowest BCUT2D eigenvalue weighted by Gasteiger charge is -2.36. The van der Waals surface area contributed by atoms with Crippen molar-refractivity contribution < 1.29 is 22.7 Å². The number of rotatable bonds is 6. The molecule has 0 N–H and O–H groups in total. The maximum absolute atomic E-state index is 13.9. The Bertz CT molecular complexity index is 1260. The second-order valence-electron chi connectivity index (χ2n) is 7.33. The molecule has 1 atom stereocenters. The van der Waals surface area contributed by atoms with Gasteiger partial charge in [-0.2, -0.15) is 0 Å². The Morgan fingerprint density at radius 2 is 1.25 bits per heavy atom. The van der Waals surface area contributed by atoms with Gasteiger partial charge in [0.1, 0.15) is 5.25 Å². The molecule has 0 heterocycles. The Morgan fingerprint density at radius 3 is 1.81 bits per heavy atom. The van der Waals surface area contributed by atoms with Gasteiger partial charge in [0.15, 0.2) is 21.2 Å². The van der Waals surface area contributed by atoms with E-state index in [0.717, 1.165) is 0 Å². The van der Waals surface area contributed by atoms with Crippen LogP contribution in [0.15, 0.2) is 120 Å². The van der Waals surface area contributed by atoms with Gasteiger partial charge in [0, 0.05) is 0 Å². The van der Waals surface area contributed by atoms with E-state index in [0.29, 0.717) is 5.56 Å². The van der Waals surface area contributed by atoms with Gasteiger partial charge in [0.2, 0.25) is 0 Å². The Morgan fingerprint density at radius 1 is 0.750 bits per heavy atom. The van der Waals surface area contributed by atoms with Crippen LogP contribution in [0.25, 0.3) is 0 Å². The van der Waals surface area contributed by atoms with Crippen molar-refractivity contribution in [3.05, 3.63) is 126 Å². The molecule has 0 aromatic heterocycles. The van der Waals surface area contributed by atoms with Crippen molar-refractivity contribution in [2.24, 2.45) is 0 Å². The van der Waals surface area contributed by atoms with Crippen LogP contribution in [0.1, 0.15) is 21.2 Å². The highest BCUT2D eigenvalue weighted by molar-refractivity contribution is 7.91. The molecule has 5 nitrogen and oxygen atoms in total. The molecule has 3 aromatic carbocycles. The Balaban J connectivity index is 1.90. The quantitative estimate of drug-likeness (QED) is 0.524. The van der Waals surface area contributed by atoms with Gasteiger partial charge >= 0.3 is 5.97 Å². The molecule has 0 aliphatic heterocycles. The van der Waals surface area contributed by atoms with Crippen LogP contribution < -0.4 is 0 Å². The summed E-state index contributed by atoms with van der Waals surface area (Å²) in [4.78, 5) is 25.0. The maximum Gasteiger partial charge on any atom is 0.339 e. The third kappa shape index (κ3) is 4.18. The van der Waals surface area contributed by atoms with E-state index in [1.807, 2.05) is 0 Å². The molecule has 32 heavy (non-hydrogen) atoms. The third-order valence-electron chi connectivity index (χ3n) is 5.19. The Hall–Kier alpha value is -3.77. The van der Waals surface area contributed by atoms with E-state index in [1.54, 1.807) is 78.9 Å². The van der Waals surface area contributed by atoms with Crippen LogP contribution in [-0.4, -0.2) is 25.8 Å². The van der Waals surface area contributed by atoms with Crippen LogP contribution in [0.4, 0.5) is 0 Å². The van der Waals surface area contributed by atoms with Crippen LogP contribution in [0.2, 0.25) is 0 Å². The predicted octanol–water partition coefficient (Wildman–Crippen LogP) is 4.49. The fraction of sp³-hybridized carbons (Fsp3) is 0.0769. The van der Waals surface area contributed by atoms with Gasteiger partial charge in [-0.3, -0.25) is 4.79 Å². The topological polar surface area (TPSA) is 77.5 Å². The molecule has 0 fully saturated rings. The van der Waals surface area contributed by atoms with E-state index < -0.39 is 26.7 Å². The highest BCUT2D eigenvalue weighted by Crippen LogP contribution is 2.43. The van der Waals surface area contributed by atoms with E-state index in [1.165, 1.54) is 36.4 Å². The predicted molar refractivity (Wildman–Crippen MR) is 121 cm³/mol. The first-order chi connectivity index (χ1) is 15.4. The normalized spacial score (nSPS) is 15.8. The minimum atomic E-state index is -4.05. The molecule has 1 aliphatic rings. The molecule has 3 aromatic rings. The number of allylic oxidation sites excluding steroid dienone is 2. The first kappa shape index (κ1) is 21.5. The summed E-state index contributed by atoms with van der Waals surface area (Å²) in [5.41, 5.74) is -1.02. The molecule has 160 valence electrons. The van der Waals surface area contributed by atoms with Gasteiger partial charge in [-0.15, -0.1) is 0 Å². The van der Waals surface area contributed by atoms with Crippen LogP contribution in [0.5, 0.6) is 0 Å². The first-order valence-electron chi connectivity index (χ1n) is 9.97. The van der Waals surface area contributed by atoms with E-state index in [4.69, 9.17) is 4.74 Å². The Labute approximate surface area is 186 Å². The molecular weight excluding hydrogens is 424 g/mol. The highest BCUT2D eigenvalue weighted by Gasteiger charge is 2.49. The lowest BCUT2D eigenvalue weighted by atomic mass is 9.89. The fourth-order valence-corrected chi connectivity index (χ4v) is 5.70. The summed E-state index contributed by atoms with van der Waals surface area (Å²) in [5.74, 6) is -1.02. The van der Waals surface area contributed by atoms with Gasteiger partial charge in [0.05, 0.1) is 10.5 Å². The number of sulfone groups is 1. The van der Waals surface area contributed by atoms with E-state index in [2.05, 4.69) is 0 Å². The van der Waals surface area contributed by atoms with Gasteiger partial charge in [-0.1, -0.05) is 66.7 Å². The number of hydrogen-bond acceptors (Lipinski definition) is 5. The second-order valence-corrected chi connectivity index (χ2v) is 9.36. The summed E-state index contributed by atoms with van der Waals surface area (Å²) in [5, 5.41) is -1.31. The van der Waals surface area contributed by atoms with Gasteiger partial charge in [-0.05, 0) is 54.1 Å². The summed E-state index contributed by atoms with van der Waals surface area (Å²) in [6, 6.07) is 24.8. The summed E-state index contributed by atoms with van der Waals surface area (Å²) >= 11 is 0. The zero-order valence-corrected chi connectivity index (χ0v) is 17.8. The number of carbonyl (C=O) groups excluding carboxylic acids is 2. The number of hydrogen-bond donors (Lipinski definition) is 0. The van der Waals surface area contributed by atoms with Crippen LogP contribution >= 0.6 is 0 Å². The van der Waals surface area contributed by atoms with Crippen molar-refractivity contribution in [3.63, 3.8) is 0 Å². The highest BCUT2D eigenvalue weighted by atomic mass is 32.2. The first-order valence-corrected chi connectivity index (χ1v) is 11.5. The van der Waals surface area contributed by atoms with Gasteiger partial charge < -0.3 is 4.74 Å². The van der Waals surface area contributed by atoms with Crippen LogP contribution in [-0.2, 0) is 19.4 Å². The average molecular weight is 445 g/mol. The maximum atomic E-state index is 13.9. The van der Waals surface area contributed by atoms with Crippen molar-refractivity contribution in [1.82, 2.24) is 0 Å². The summed E-state index contributed by atoms with van der Waals surface area (Å²) in [7, 11) is -4.05. The molecule has 0 spiro atoms. The SMILES string of the molecule is O=C1C=CC(OC(=O)c2ccccc2)(C(c2ccccc2)S(=O)(=O)c2ccccc2)C=C1. The Kier molecular flexibility index (Phi) is 5.88. The van der Waals surface area contributed by atoms with Crippen molar-refractivity contribution in [2.45, 2.75) is 15.7 Å². The summed E-state index contributed by atoms with van der Waals surface area (Å²) < 4.78 is 33.7. The summed E-state index contributed by atoms with van der Waals surface area (Å²) in [6.07, 6.45) is 5.17. The van der Waals surface area contributed by atoms with Crippen molar-refractivity contribution >= 4 is 21.6 Å². The largest absolute Gasteiger partial charge is 0.445 e. The number of benzene rings is 3. The van der Waals surface area contributed by atoms with E-state index in [9.17, 15) is 18.0 Å². The minimum absolute atomic E-state index is 0.0858. The van der Waals surface area contributed by atoms with E-state index >= 15 is 0 Å².